The van der Waals surface area contributed by atoms with Crippen LogP contribution in [0.3, 0.4) is 0 Å². The van der Waals surface area contributed by atoms with Crippen molar-refractivity contribution in [3.8, 4) is 0 Å². The van der Waals surface area contributed by atoms with Crippen LogP contribution < -0.4 is 0 Å². The van der Waals surface area contributed by atoms with Crippen molar-refractivity contribution in [3.63, 3.8) is 0 Å². The van der Waals surface area contributed by atoms with E-state index < -0.39 is 0 Å². The van der Waals surface area contributed by atoms with Gasteiger partial charge < -0.3 is 4.74 Å². The molecule has 2 rings (SSSR count). The lowest BCUT2D eigenvalue weighted by atomic mass is 10.0. The van der Waals surface area contributed by atoms with Crippen LogP contribution >= 0.6 is 39.1 Å². The van der Waals surface area contributed by atoms with Gasteiger partial charge in [0.25, 0.3) is 0 Å². The van der Waals surface area contributed by atoms with Crippen molar-refractivity contribution >= 4 is 44.9 Å². The van der Waals surface area contributed by atoms with E-state index in [4.69, 9.17) is 27.9 Å². The number of Topliss-reactive ketones (excluding diaryl/α,β-unsaturated/α-hetero) is 1. The highest BCUT2D eigenvalue weighted by Crippen LogP contribution is 2.38. The lowest BCUT2D eigenvalue weighted by Gasteiger charge is -2.24. The van der Waals surface area contributed by atoms with Gasteiger partial charge in [-0.15, -0.1) is 0 Å². The predicted octanol–water partition coefficient (Wildman–Crippen LogP) is 4.18. The van der Waals surface area contributed by atoms with E-state index in [1.54, 1.807) is 12.1 Å². The summed E-state index contributed by atoms with van der Waals surface area (Å²) in [7, 11) is 0. The fraction of sp³-hybridized carbons (Fsp3) is 0.364. The Bertz CT molecular complexity index is 411. The van der Waals surface area contributed by atoms with Crippen LogP contribution in [0.2, 0.25) is 10.0 Å². The van der Waals surface area contributed by atoms with Crippen LogP contribution in [0.25, 0.3) is 0 Å². The molecule has 0 saturated carbocycles. The largest absolute Gasteiger partial charge is 0.372 e. The first-order valence-corrected chi connectivity index (χ1v) is 6.40. The summed E-state index contributed by atoms with van der Waals surface area (Å²) in [6.45, 7) is 0.437. The lowest BCUT2D eigenvalue weighted by Crippen LogP contribution is -2.19. The number of hydrogen-bond donors (Lipinski definition) is 0. The number of carbonyl (C=O) groups excluding carboxylic acids is 1. The standard InChI is InChI=1S/C11H9BrCl2O2/c12-6-3-8(13)11(9(14)4-6)10-5-7(15)1-2-16-10/h3-4,10H,1-2,5H2. The summed E-state index contributed by atoms with van der Waals surface area (Å²) in [6.07, 6.45) is 0.512. The molecule has 0 aromatic heterocycles. The first-order chi connectivity index (χ1) is 7.58. The zero-order valence-electron chi connectivity index (χ0n) is 8.30. The molecule has 1 fully saturated rings. The van der Waals surface area contributed by atoms with Gasteiger partial charge in [-0.2, -0.15) is 0 Å². The maximum Gasteiger partial charge on any atom is 0.138 e. The molecule has 5 heteroatoms. The van der Waals surface area contributed by atoms with E-state index in [0.717, 1.165) is 4.47 Å². The monoisotopic (exact) mass is 322 g/mol. The summed E-state index contributed by atoms with van der Waals surface area (Å²) in [4.78, 5) is 11.4. The third-order valence-electron chi connectivity index (χ3n) is 2.48. The Hall–Kier alpha value is -0.0900. The van der Waals surface area contributed by atoms with Gasteiger partial charge in [0.05, 0.1) is 12.7 Å². The molecule has 1 aromatic rings. The topological polar surface area (TPSA) is 26.3 Å². The highest BCUT2D eigenvalue weighted by molar-refractivity contribution is 9.10. The van der Waals surface area contributed by atoms with Crippen LogP contribution in [0.15, 0.2) is 16.6 Å². The van der Waals surface area contributed by atoms with Gasteiger partial charge in [-0.05, 0) is 12.1 Å². The van der Waals surface area contributed by atoms with Crippen LogP contribution in [-0.2, 0) is 9.53 Å². The number of rotatable bonds is 1. The second-order valence-electron chi connectivity index (χ2n) is 3.64. The number of carbonyl (C=O) groups is 1. The van der Waals surface area contributed by atoms with E-state index in [1.165, 1.54) is 0 Å². The van der Waals surface area contributed by atoms with Crippen LogP contribution in [0.5, 0.6) is 0 Å². The van der Waals surface area contributed by atoms with Gasteiger partial charge in [-0.3, -0.25) is 4.79 Å². The van der Waals surface area contributed by atoms with Gasteiger partial charge in [0, 0.05) is 32.9 Å². The smallest absolute Gasteiger partial charge is 0.138 e. The molecule has 2 nitrogen and oxygen atoms in total. The average molecular weight is 324 g/mol. The van der Waals surface area contributed by atoms with Gasteiger partial charge in [-0.1, -0.05) is 39.1 Å². The maximum absolute atomic E-state index is 11.4. The molecule has 1 unspecified atom stereocenters. The Balaban J connectivity index is 2.35. The average Bonchev–Trinajstić information content (AvgIpc) is 2.15. The summed E-state index contributed by atoms with van der Waals surface area (Å²) < 4.78 is 6.34. The molecule has 1 atom stereocenters. The third kappa shape index (κ3) is 2.59. The highest BCUT2D eigenvalue weighted by Gasteiger charge is 2.25. The van der Waals surface area contributed by atoms with Crippen LogP contribution in [0.4, 0.5) is 0 Å². The number of halogens is 3. The first kappa shape index (κ1) is 12.4. The normalized spacial score (nSPS) is 21.2. The van der Waals surface area contributed by atoms with E-state index in [1.807, 2.05) is 0 Å². The van der Waals surface area contributed by atoms with Gasteiger partial charge in [0.1, 0.15) is 5.78 Å². The fourth-order valence-corrected chi connectivity index (χ4v) is 3.18. The van der Waals surface area contributed by atoms with Gasteiger partial charge in [0.15, 0.2) is 0 Å². The first-order valence-electron chi connectivity index (χ1n) is 4.85. The quantitative estimate of drug-likeness (QED) is 0.775. The zero-order valence-corrected chi connectivity index (χ0v) is 11.4. The van der Waals surface area contributed by atoms with Crippen molar-refractivity contribution in [2.45, 2.75) is 18.9 Å². The minimum Gasteiger partial charge on any atom is -0.372 e. The maximum atomic E-state index is 11.4. The summed E-state index contributed by atoms with van der Waals surface area (Å²) in [5.74, 6) is 0.186. The van der Waals surface area contributed by atoms with E-state index in [2.05, 4.69) is 15.9 Å². The number of hydrogen-bond acceptors (Lipinski definition) is 2. The molecular formula is C11H9BrCl2O2. The Morgan fingerprint density at radius 2 is 1.94 bits per heavy atom. The van der Waals surface area contributed by atoms with Crippen LogP contribution in [0.1, 0.15) is 24.5 Å². The summed E-state index contributed by atoms with van der Waals surface area (Å²) in [5.41, 5.74) is 0.708. The number of benzene rings is 1. The van der Waals surface area contributed by atoms with E-state index in [0.29, 0.717) is 35.1 Å². The lowest BCUT2D eigenvalue weighted by molar-refractivity contribution is -0.128. The van der Waals surface area contributed by atoms with Gasteiger partial charge >= 0.3 is 0 Å². The van der Waals surface area contributed by atoms with Gasteiger partial charge in [0.2, 0.25) is 0 Å². The van der Waals surface area contributed by atoms with Crippen molar-refractivity contribution < 1.29 is 9.53 Å². The molecule has 0 radical (unpaired) electrons. The molecular weight excluding hydrogens is 315 g/mol. The molecule has 0 bridgehead atoms. The molecule has 1 saturated heterocycles. The van der Waals surface area contributed by atoms with Gasteiger partial charge in [-0.25, -0.2) is 0 Å². The molecule has 86 valence electrons. The van der Waals surface area contributed by atoms with E-state index in [-0.39, 0.29) is 11.9 Å². The third-order valence-corrected chi connectivity index (χ3v) is 3.56. The minimum atomic E-state index is -0.311. The van der Waals surface area contributed by atoms with Crippen molar-refractivity contribution in [3.05, 3.63) is 32.2 Å². The predicted molar refractivity (Wildman–Crippen MR) is 67.1 cm³/mol. The molecule has 1 aromatic carbocycles. The van der Waals surface area contributed by atoms with Crippen molar-refractivity contribution in [2.24, 2.45) is 0 Å². The molecule has 1 aliphatic rings. The van der Waals surface area contributed by atoms with Crippen molar-refractivity contribution in [1.82, 2.24) is 0 Å². The van der Waals surface area contributed by atoms with E-state index in [9.17, 15) is 4.79 Å². The Kier molecular flexibility index (Phi) is 3.90. The second kappa shape index (κ2) is 5.05. The molecule has 0 N–H and O–H groups in total. The number of ether oxygens (including phenoxy) is 1. The Morgan fingerprint density at radius 3 is 2.50 bits per heavy atom. The Morgan fingerprint density at radius 1 is 1.31 bits per heavy atom. The zero-order chi connectivity index (χ0) is 11.7. The summed E-state index contributed by atoms with van der Waals surface area (Å²) in [6, 6.07) is 3.51. The molecule has 1 aliphatic heterocycles. The molecule has 16 heavy (non-hydrogen) atoms. The SMILES string of the molecule is O=C1CCOC(c2c(Cl)cc(Br)cc2Cl)C1. The minimum absolute atomic E-state index is 0.186. The Labute approximate surface area is 112 Å². The number of ketones is 1. The van der Waals surface area contributed by atoms with Crippen LogP contribution in [0, 0.1) is 0 Å². The molecule has 0 spiro atoms. The summed E-state index contributed by atoms with van der Waals surface area (Å²) >= 11 is 15.5. The molecule has 0 aliphatic carbocycles. The molecule has 1 heterocycles. The van der Waals surface area contributed by atoms with E-state index >= 15 is 0 Å². The summed E-state index contributed by atoms with van der Waals surface area (Å²) in [5, 5.41) is 1.05. The highest BCUT2D eigenvalue weighted by atomic mass is 79.9. The fourth-order valence-electron chi connectivity index (χ4n) is 1.73. The molecule has 0 amide bonds. The second-order valence-corrected chi connectivity index (χ2v) is 5.37. The van der Waals surface area contributed by atoms with Crippen molar-refractivity contribution in [1.29, 1.82) is 0 Å². The van der Waals surface area contributed by atoms with Crippen LogP contribution in [-0.4, -0.2) is 12.4 Å². The van der Waals surface area contributed by atoms with Crippen molar-refractivity contribution in [2.75, 3.05) is 6.61 Å².